The fraction of sp³-hybridized carbons (Fsp3) is 0.222. The number of carbonyl (C=O) groups excluding carboxylic acids is 2. The molecule has 4 aromatic heterocycles. The van der Waals surface area contributed by atoms with Gasteiger partial charge in [0.25, 0.3) is 11.1 Å². The summed E-state index contributed by atoms with van der Waals surface area (Å²) in [5, 5.41) is 11.1. The molecule has 0 radical (unpaired) electrons. The lowest BCUT2D eigenvalue weighted by atomic mass is 9.86. The van der Waals surface area contributed by atoms with Crippen LogP contribution < -0.4 is 11.1 Å². The van der Waals surface area contributed by atoms with Gasteiger partial charge in [0.15, 0.2) is 12.6 Å². The number of benzene rings is 2. The van der Waals surface area contributed by atoms with Gasteiger partial charge in [-0.15, -0.1) is 0 Å². The molecule has 264 valence electrons. The molecule has 0 fully saturated rings. The van der Waals surface area contributed by atoms with E-state index in [9.17, 15) is 28.0 Å². The van der Waals surface area contributed by atoms with E-state index in [0.717, 1.165) is 19.4 Å². The molecule has 0 aliphatic carbocycles. The maximum atomic E-state index is 14.6. The van der Waals surface area contributed by atoms with Crippen LogP contribution in [-0.4, -0.2) is 42.5 Å². The monoisotopic (exact) mass is 846 g/mol. The Bertz CT molecular complexity index is 2390. The maximum Gasteiger partial charge on any atom is 0.282 e. The van der Waals surface area contributed by atoms with Gasteiger partial charge in [0.1, 0.15) is 21.9 Å². The third-order valence-corrected chi connectivity index (χ3v) is 9.10. The Kier molecular flexibility index (Phi) is 12.2. The number of aldehydes is 2. The lowest BCUT2D eigenvalue weighted by Crippen LogP contribution is -2.24. The van der Waals surface area contributed by atoms with Crippen LogP contribution in [-0.2, 0) is 10.8 Å². The average molecular weight is 847 g/mol. The number of carbonyl (C=O) groups is 2. The standard InChI is InChI=1S/C18H15ClFN3O2.C12H13FN2O.C6H3ClINO/c1-18(2,3)11-6-10-8-22-23(17(25)15(10)13(20)7-11)14-4-5-21-16(19)12(14)9-24;1-12(2,3)8-4-7-6-14-15-11(16)10(7)9(13)5-8;7-6-4(3-10)5(8)1-2-9-6/h4-9H,1-3H3;4-6H,1-3H3,(H,15,16);1-3H. The van der Waals surface area contributed by atoms with E-state index in [-0.39, 0.29) is 43.2 Å². The first-order chi connectivity index (χ1) is 23.9. The molecule has 0 bridgehead atoms. The highest BCUT2D eigenvalue weighted by molar-refractivity contribution is 14.1. The topological polar surface area (TPSA) is 141 Å². The molecular weight excluding hydrogens is 816 g/mol. The van der Waals surface area contributed by atoms with Crippen LogP contribution in [0.1, 0.15) is 73.4 Å². The summed E-state index contributed by atoms with van der Waals surface area (Å²) < 4.78 is 30.2. The highest BCUT2D eigenvalue weighted by Crippen LogP contribution is 2.28. The van der Waals surface area contributed by atoms with Gasteiger partial charge in [-0.2, -0.15) is 14.9 Å². The number of rotatable bonds is 3. The summed E-state index contributed by atoms with van der Waals surface area (Å²) in [4.78, 5) is 53.3. The van der Waals surface area contributed by atoms with Gasteiger partial charge in [0.2, 0.25) is 0 Å². The minimum absolute atomic E-state index is 0.0184. The van der Waals surface area contributed by atoms with Gasteiger partial charge in [-0.3, -0.25) is 19.2 Å². The van der Waals surface area contributed by atoms with Crippen LogP contribution in [0.25, 0.3) is 27.2 Å². The number of fused-ring (bicyclic) bond motifs is 2. The molecule has 0 aliphatic heterocycles. The zero-order valence-corrected chi connectivity index (χ0v) is 31.9. The van der Waals surface area contributed by atoms with Crippen LogP contribution in [0.2, 0.25) is 10.3 Å². The van der Waals surface area contributed by atoms with Crippen molar-refractivity contribution in [1.82, 2.24) is 29.9 Å². The second kappa shape index (κ2) is 15.8. The lowest BCUT2D eigenvalue weighted by molar-refractivity contribution is 0.111. The van der Waals surface area contributed by atoms with E-state index in [2.05, 4.69) is 25.3 Å². The molecule has 0 spiro atoms. The highest BCUT2D eigenvalue weighted by Gasteiger charge is 2.20. The molecule has 0 saturated carbocycles. The number of pyridine rings is 2. The largest absolute Gasteiger partial charge is 0.298 e. The van der Waals surface area contributed by atoms with Crippen molar-refractivity contribution in [3.63, 3.8) is 0 Å². The van der Waals surface area contributed by atoms with Crippen LogP contribution in [0.3, 0.4) is 0 Å². The van der Waals surface area contributed by atoms with Crippen molar-refractivity contribution in [3.05, 3.63) is 130 Å². The molecule has 0 unspecified atom stereocenters. The van der Waals surface area contributed by atoms with Crippen LogP contribution in [0.15, 0.2) is 70.8 Å². The van der Waals surface area contributed by atoms with Gasteiger partial charge >= 0.3 is 0 Å². The molecule has 0 saturated heterocycles. The van der Waals surface area contributed by atoms with Gasteiger partial charge in [-0.05, 0) is 80.9 Å². The zero-order valence-electron chi connectivity index (χ0n) is 28.2. The normalized spacial score (nSPS) is 11.4. The molecule has 6 aromatic rings. The van der Waals surface area contributed by atoms with Crippen LogP contribution in [0, 0.1) is 15.2 Å². The highest BCUT2D eigenvalue weighted by atomic mass is 127. The summed E-state index contributed by atoms with van der Waals surface area (Å²) in [5.41, 5.74) is 0.666. The number of aromatic amines is 1. The van der Waals surface area contributed by atoms with E-state index in [1.807, 2.05) is 64.1 Å². The summed E-state index contributed by atoms with van der Waals surface area (Å²) in [6.07, 6.45) is 6.98. The summed E-state index contributed by atoms with van der Waals surface area (Å²) in [6.45, 7) is 11.9. The fourth-order valence-corrected chi connectivity index (χ4v) is 5.82. The van der Waals surface area contributed by atoms with E-state index >= 15 is 0 Å². The van der Waals surface area contributed by atoms with E-state index < -0.39 is 22.8 Å². The van der Waals surface area contributed by atoms with Crippen LogP contribution in [0.4, 0.5) is 8.78 Å². The number of halogens is 5. The third-order valence-electron chi connectivity index (χ3n) is 7.56. The molecular formula is C36H31Cl2F2IN6O4. The van der Waals surface area contributed by atoms with E-state index in [1.165, 1.54) is 36.8 Å². The number of nitrogens with one attached hydrogen (secondary N) is 1. The van der Waals surface area contributed by atoms with E-state index in [1.54, 1.807) is 24.4 Å². The molecule has 0 aliphatic rings. The summed E-state index contributed by atoms with van der Waals surface area (Å²) >= 11 is 13.5. The van der Waals surface area contributed by atoms with Crippen molar-refractivity contribution < 1.29 is 18.4 Å². The molecule has 6 rings (SSSR count). The Hall–Kier alpha value is -4.47. The van der Waals surface area contributed by atoms with Crippen LogP contribution >= 0.6 is 45.8 Å². The Labute approximate surface area is 314 Å². The first kappa shape index (κ1) is 39.3. The fourth-order valence-electron chi connectivity index (χ4n) is 4.72. The van der Waals surface area contributed by atoms with Crippen molar-refractivity contribution in [1.29, 1.82) is 0 Å². The van der Waals surface area contributed by atoms with Crippen molar-refractivity contribution in [2.45, 2.75) is 52.4 Å². The predicted octanol–water partition coefficient (Wildman–Crippen LogP) is 8.20. The molecule has 51 heavy (non-hydrogen) atoms. The number of H-pyrrole nitrogens is 1. The number of aromatic nitrogens is 6. The molecule has 10 nitrogen and oxygen atoms in total. The van der Waals surface area contributed by atoms with Crippen molar-refractivity contribution in [2.75, 3.05) is 0 Å². The average Bonchev–Trinajstić information content (AvgIpc) is 3.04. The first-order valence-corrected chi connectivity index (χ1v) is 17.0. The zero-order chi connectivity index (χ0) is 37.8. The van der Waals surface area contributed by atoms with E-state index in [4.69, 9.17) is 23.2 Å². The summed E-state index contributed by atoms with van der Waals surface area (Å²) in [6, 6.07) is 9.48. The number of hydrogen-bond acceptors (Lipinski definition) is 8. The predicted molar refractivity (Wildman–Crippen MR) is 203 cm³/mol. The molecule has 4 heterocycles. The van der Waals surface area contributed by atoms with Gasteiger partial charge in [0.05, 0.1) is 40.0 Å². The summed E-state index contributed by atoms with van der Waals surface area (Å²) in [5.74, 6) is -1.12. The lowest BCUT2D eigenvalue weighted by Gasteiger charge is -2.20. The Morgan fingerprint density at radius 1 is 0.765 bits per heavy atom. The third kappa shape index (κ3) is 8.89. The maximum absolute atomic E-state index is 14.6. The van der Waals surface area contributed by atoms with Crippen molar-refractivity contribution in [3.8, 4) is 5.69 Å². The van der Waals surface area contributed by atoms with Gasteiger partial charge in [-0.1, -0.05) is 64.7 Å². The van der Waals surface area contributed by atoms with Crippen molar-refractivity contribution in [2.24, 2.45) is 0 Å². The smallest absolute Gasteiger partial charge is 0.282 e. The molecule has 0 atom stereocenters. The molecule has 1 N–H and O–H groups in total. The summed E-state index contributed by atoms with van der Waals surface area (Å²) in [7, 11) is 0. The van der Waals surface area contributed by atoms with Crippen LogP contribution in [0.5, 0.6) is 0 Å². The minimum atomic E-state index is -0.666. The quantitative estimate of drug-likeness (QED) is 0.107. The molecule has 15 heteroatoms. The number of nitrogens with zero attached hydrogens (tertiary/aromatic N) is 5. The van der Waals surface area contributed by atoms with Crippen molar-refractivity contribution >= 4 is 79.9 Å². The molecule has 0 amide bonds. The first-order valence-electron chi connectivity index (χ1n) is 15.1. The minimum Gasteiger partial charge on any atom is -0.298 e. The second-order valence-corrected chi connectivity index (χ2v) is 15.1. The SMILES string of the molecule is CC(C)(C)c1cc(F)c2c(=O)[nH]ncc2c1.CC(C)(C)c1cc(F)c2c(=O)n(-c3ccnc(Cl)c3C=O)ncc2c1.O=Cc1c(I)ccnc1Cl. The molecule has 2 aromatic carbocycles. The second-order valence-electron chi connectivity index (χ2n) is 13.2. The Morgan fingerprint density at radius 3 is 1.78 bits per heavy atom. The van der Waals surface area contributed by atoms with Gasteiger partial charge < -0.3 is 0 Å². The van der Waals surface area contributed by atoms with Gasteiger partial charge in [0, 0.05) is 26.7 Å². The Morgan fingerprint density at radius 2 is 1.27 bits per heavy atom. The van der Waals surface area contributed by atoms with E-state index in [0.29, 0.717) is 28.9 Å². The number of hydrogen-bond donors (Lipinski definition) is 1. The van der Waals surface area contributed by atoms with Gasteiger partial charge in [-0.25, -0.2) is 23.8 Å². The Balaban J connectivity index is 0.000000191.